The SMILES string of the molecule is CCC#C/C=C1/C(=O)[C@@H]2[C@@H]([C@@H]3C=C[C@H]2C3)[C@]1(O)CCCCCCCC(=O)OC. The van der Waals surface area contributed by atoms with Gasteiger partial charge < -0.3 is 9.84 Å². The molecule has 0 unspecified atom stereocenters. The van der Waals surface area contributed by atoms with E-state index in [-0.39, 0.29) is 29.5 Å². The van der Waals surface area contributed by atoms with Gasteiger partial charge in [-0.15, -0.1) is 0 Å². The zero-order valence-electron chi connectivity index (χ0n) is 17.1. The number of aliphatic hydroxyl groups is 1. The van der Waals surface area contributed by atoms with E-state index in [1.54, 1.807) is 6.08 Å². The fraction of sp³-hybridized carbons (Fsp3) is 0.667. The highest BCUT2D eigenvalue weighted by atomic mass is 16.5. The molecule has 2 fully saturated rings. The first-order valence-corrected chi connectivity index (χ1v) is 10.7. The van der Waals surface area contributed by atoms with E-state index in [9.17, 15) is 14.7 Å². The van der Waals surface area contributed by atoms with Crippen molar-refractivity contribution < 1.29 is 19.4 Å². The standard InChI is InChI=1S/C24H32O4/c1-3-4-8-11-19-23(26)21-17-13-14-18(16-17)22(21)24(19,27)15-10-7-5-6-9-12-20(25)28-2/h11,13-14,17-18,21-22,27H,3,5-7,9-10,12,15-16H2,1-2H3/b19-11-/t17-,18+,21-,22+,24-/m0/s1. The van der Waals surface area contributed by atoms with Crippen molar-refractivity contribution in [3.8, 4) is 11.8 Å². The van der Waals surface area contributed by atoms with Gasteiger partial charge in [0.05, 0.1) is 12.7 Å². The van der Waals surface area contributed by atoms with E-state index in [0.29, 0.717) is 24.3 Å². The van der Waals surface area contributed by atoms with E-state index in [1.807, 2.05) is 6.92 Å². The fourth-order valence-electron chi connectivity index (χ4n) is 5.42. The third-order valence-electron chi connectivity index (χ3n) is 6.71. The second-order valence-electron chi connectivity index (χ2n) is 8.36. The van der Waals surface area contributed by atoms with Crippen LogP contribution < -0.4 is 0 Å². The van der Waals surface area contributed by atoms with Crippen molar-refractivity contribution in [2.24, 2.45) is 23.7 Å². The highest BCUT2D eigenvalue weighted by molar-refractivity contribution is 6.03. The van der Waals surface area contributed by atoms with Crippen LogP contribution in [0.5, 0.6) is 0 Å². The summed E-state index contributed by atoms with van der Waals surface area (Å²) in [6.07, 6.45) is 13.6. The Labute approximate surface area is 168 Å². The highest BCUT2D eigenvalue weighted by Gasteiger charge is 2.64. The first-order chi connectivity index (χ1) is 13.5. The molecule has 1 N–H and O–H groups in total. The van der Waals surface area contributed by atoms with Crippen molar-refractivity contribution in [1.82, 2.24) is 0 Å². The maximum atomic E-state index is 13.1. The largest absolute Gasteiger partial charge is 0.469 e. The maximum Gasteiger partial charge on any atom is 0.305 e. The number of carbonyl (C=O) groups is 2. The highest BCUT2D eigenvalue weighted by Crippen LogP contribution is 2.60. The van der Waals surface area contributed by atoms with Gasteiger partial charge >= 0.3 is 5.97 Å². The molecule has 0 heterocycles. The van der Waals surface area contributed by atoms with E-state index >= 15 is 0 Å². The van der Waals surface area contributed by atoms with E-state index in [2.05, 4.69) is 28.7 Å². The van der Waals surface area contributed by atoms with Gasteiger partial charge in [-0.1, -0.05) is 56.6 Å². The lowest BCUT2D eigenvalue weighted by atomic mass is 9.75. The summed E-state index contributed by atoms with van der Waals surface area (Å²) in [5, 5.41) is 11.7. The number of Topliss-reactive ketones (excluding diaryl/α,β-unsaturated/α-hetero) is 1. The Bertz CT molecular complexity index is 723. The van der Waals surface area contributed by atoms with E-state index in [4.69, 9.17) is 0 Å². The summed E-state index contributed by atoms with van der Waals surface area (Å²) in [6, 6.07) is 0. The third kappa shape index (κ3) is 3.96. The van der Waals surface area contributed by atoms with Crippen LogP contribution in [0.4, 0.5) is 0 Å². The van der Waals surface area contributed by atoms with Gasteiger partial charge in [0.1, 0.15) is 0 Å². The molecule has 5 atom stereocenters. The molecule has 0 aromatic rings. The first-order valence-electron chi connectivity index (χ1n) is 10.7. The Morgan fingerprint density at radius 1 is 1.25 bits per heavy atom. The van der Waals surface area contributed by atoms with Crippen molar-refractivity contribution in [3.05, 3.63) is 23.8 Å². The van der Waals surface area contributed by atoms with Gasteiger partial charge in [0.25, 0.3) is 0 Å². The Kier molecular flexibility index (Phi) is 6.78. The Hall–Kier alpha value is -1.86. The average molecular weight is 385 g/mol. The van der Waals surface area contributed by atoms with Crippen LogP contribution in [0.25, 0.3) is 0 Å². The molecule has 28 heavy (non-hydrogen) atoms. The van der Waals surface area contributed by atoms with Gasteiger partial charge in [-0.2, -0.15) is 0 Å². The molecule has 0 amide bonds. The van der Waals surface area contributed by atoms with E-state index < -0.39 is 5.60 Å². The lowest BCUT2D eigenvalue weighted by molar-refractivity contribution is -0.140. The van der Waals surface area contributed by atoms with Crippen molar-refractivity contribution in [2.45, 2.75) is 70.3 Å². The van der Waals surface area contributed by atoms with Crippen molar-refractivity contribution in [1.29, 1.82) is 0 Å². The molecule has 0 aromatic carbocycles. The summed E-state index contributed by atoms with van der Waals surface area (Å²) in [4.78, 5) is 24.2. The van der Waals surface area contributed by atoms with E-state index in [0.717, 1.165) is 44.9 Å². The summed E-state index contributed by atoms with van der Waals surface area (Å²) in [5.41, 5.74) is -0.493. The number of hydrogen-bond acceptors (Lipinski definition) is 4. The lowest BCUT2D eigenvalue weighted by Crippen LogP contribution is -2.39. The summed E-state index contributed by atoms with van der Waals surface area (Å²) in [6.45, 7) is 1.98. The number of ether oxygens (including phenoxy) is 1. The van der Waals surface area contributed by atoms with Gasteiger partial charge in [0.15, 0.2) is 5.78 Å². The molecule has 0 radical (unpaired) electrons. The number of allylic oxidation sites excluding steroid dienone is 3. The number of rotatable bonds is 8. The molecule has 152 valence electrons. The minimum absolute atomic E-state index is 0.0176. The monoisotopic (exact) mass is 384 g/mol. The second kappa shape index (κ2) is 9.09. The minimum atomic E-state index is -1.04. The quantitative estimate of drug-likeness (QED) is 0.226. The molecule has 3 aliphatic carbocycles. The molecule has 0 aliphatic heterocycles. The number of ketones is 1. The predicted molar refractivity (Wildman–Crippen MR) is 108 cm³/mol. The Balaban J connectivity index is 1.61. The molecule has 2 bridgehead atoms. The first kappa shape index (κ1) is 20.9. The van der Waals surface area contributed by atoms with Crippen LogP contribution in [0.3, 0.4) is 0 Å². The normalized spacial score (nSPS) is 33.8. The van der Waals surface area contributed by atoms with Gasteiger partial charge in [0.2, 0.25) is 0 Å². The molecular formula is C24H32O4. The van der Waals surface area contributed by atoms with Crippen molar-refractivity contribution in [2.75, 3.05) is 7.11 Å². The second-order valence-corrected chi connectivity index (χ2v) is 8.36. The van der Waals surface area contributed by atoms with Gasteiger partial charge in [-0.25, -0.2) is 0 Å². The van der Waals surface area contributed by atoms with Crippen LogP contribution in [0.15, 0.2) is 23.8 Å². The van der Waals surface area contributed by atoms with Crippen LogP contribution in [-0.4, -0.2) is 29.6 Å². The van der Waals surface area contributed by atoms with Crippen LogP contribution in [0.1, 0.15) is 64.7 Å². The van der Waals surface area contributed by atoms with Crippen LogP contribution in [0, 0.1) is 35.5 Å². The van der Waals surface area contributed by atoms with Crippen molar-refractivity contribution in [3.63, 3.8) is 0 Å². The summed E-state index contributed by atoms with van der Waals surface area (Å²) >= 11 is 0. The maximum absolute atomic E-state index is 13.1. The third-order valence-corrected chi connectivity index (χ3v) is 6.71. The molecule has 3 aliphatic rings. The zero-order chi connectivity index (χ0) is 20.1. The smallest absolute Gasteiger partial charge is 0.305 e. The number of fused-ring (bicyclic) bond motifs is 5. The van der Waals surface area contributed by atoms with Crippen LogP contribution >= 0.6 is 0 Å². The number of esters is 1. The Morgan fingerprint density at radius 2 is 1.96 bits per heavy atom. The van der Waals surface area contributed by atoms with Crippen molar-refractivity contribution >= 4 is 11.8 Å². The Morgan fingerprint density at radius 3 is 2.71 bits per heavy atom. The zero-order valence-corrected chi connectivity index (χ0v) is 17.1. The van der Waals surface area contributed by atoms with Gasteiger partial charge in [0, 0.05) is 30.3 Å². The number of hydrogen-bond donors (Lipinski definition) is 1. The molecule has 0 spiro atoms. The fourth-order valence-corrected chi connectivity index (χ4v) is 5.42. The van der Waals surface area contributed by atoms with E-state index in [1.165, 1.54) is 7.11 Å². The summed E-state index contributed by atoms with van der Waals surface area (Å²) < 4.78 is 4.66. The molecule has 2 saturated carbocycles. The van der Waals surface area contributed by atoms with Crippen LogP contribution in [-0.2, 0) is 14.3 Å². The van der Waals surface area contributed by atoms with Gasteiger partial charge in [-0.05, 0) is 37.2 Å². The van der Waals surface area contributed by atoms with Crippen LogP contribution in [0.2, 0.25) is 0 Å². The number of carbonyl (C=O) groups excluding carboxylic acids is 2. The molecular weight excluding hydrogens is 352 g/mol. The van der Waals surface area contributed by atoms with Gasteiger partial charge in [-0.3, -0.25) is 9.59 Å². The lowest BCUT2D eigenvalue weighted by Gasteiger charge is -2.34. The molecule has 4 nitrogen and oxygen atoms in total. The minimum Gasteiger partial charge on any atom is -0.469 e. The molecule has 4 heteroatoms. The number of unbranched alkanes of at least 4 members (excludes halogenated alkanes) is 4. The predicted octanol–water partition coefficient (Wildman–Crippen LogP) is 3.98. The molecule has 0 saturated heterocycles. The number of methoxy groups -OCH3 is 1. The average Bonchev–Trinajstić information content (AvgIpc) is 3.36. The topological polar surface area (TPSA) is 63.6 Å². The molecule has 0 aromatic heterocycles. The molecule has 3 rings (SSSR count). The summed E-state index contributed by atoms with van der Waals surface area (Å²) in [5.74, 6) is 6.50. The summed E-state index contributed by atoms with van der Waals surface area (Å²) in [7, 11) is 1.42.